The van der Waals surface area contributed by atoms with Crippen molar-refractivity contribution in [2.45, 2.75) is 18.7 Å². The minimum Gasteiger partial charge on any atom is -0.484 e. The third-order valence-electron chi connectivity index (χ3n) is 5.39. The van der Waals surface area contributed by atoms with Crippen molar-refractivity contribution < 1.29 is 17.9 Å². The van der Waals surface area contributed by atoms with Gasteiger partial charge in [0.2, 0.25) is 0 Å². The molecule has 4 aromatic rings. The van der Waals surface area contributed by atoms with Gasteiger partial charge in [-0.3, -0.25) is 14.8 Å². The number of rotatable bonds is 7. The van der Waals surface area contributed by atoms with Gasteiger partial charge in [0.25, 0.3) is 15.9 Å². The summed E-state index contributed by atoms with van der Waals surface area (Å²) in [5.41, 5.74) is 2.94. The summed E-state index contributed by atoms with van der Waals surface area (Å²) in [4.78, 5) is 12.3. The van der Waals surface area contributed by atoms with Crippen molar-refractivity contribution in [3.8, 4) is 5.75 Å². The Balaban J connectivity index is 1.30. The molecular formula is C27H25N3O4S2. The first kappa shape index (κ1) is 25.2. The Hall–Kier alpha value is -3.95. The summed E-state index contributed by atoms with van der Waals surface area (Å²) in [6.45, 7) is 3.59. The molecule has 7 nitrogen and oxygen atoms in total. The van der Waals surface area contributed by atoms with E-state index >= 15 is 0 Å². The van der Waals surface area contributed by atoms with Crippen molar-refractivity contribution in [3.05, 3.63) is 96.1 Å². The van der Waals surface area contributed by atoms with Gasteiger partial charge < -0.3 is 10.1 Å². The van der Waals surface area contributed by atoms with Gasteiger partial charge in [0, 0.05) is 5.69 Å². The van der Waals surface area contributed by atoms with Crippen LogP contribution in [-0.2, 0) is 14.8 Å². The lowest BCUT2D eigenvalue weighted by Crippen LogP contribution is -2.37. The van der Waals surface area contributed by atoms with Crippen LogP contribution in [0.3, 0.4) is 0 Å². The van der Waals surface area contributed by atoms with Gasteiger partial charge in [-0.1, -0.05) is 48.0 Å². The predicted octanol–water partition coefficient (Wildman–Crippen LogP) is 5.15. The van der Waals surface area contributed by atoms with E-state index in [1.807, 2.05) is 62.4 Å². The highest BCUT2D eigenvalue weighted by atomic mass is 32.2. The monoisotopic (exact) mass is 519 g/mol. The second-order valence-electron chi connectivity index (χ2n) is 8.25. The first-order chi connectivity index (χ1) is 17.2. The average Bonchev–Trinajstić information content (AvgIpc) is 2.84. The molecule has 1 amide bonds. The number of anilines is 2. The van der Waals surface area contributed by atoms with E-state index in [9.17, 15) is 13.2 Å². The molecule has 0 atom stereocenters. The number of carbonyl (C=O) groups excluding carboxylic acids is 1. The topological polar surface area (TPSA) is 96.5 Å². The van der Waals surface area contributed by atoms with Crippen LogP contribution < -0.4 is 20.1 Å². The summed E-state index contributed by atoms with van der Waals surface area (Å²) in [5, 5.41) is 7.59. The SMILES string of the molecule is Cc1ccc(NS(=O)(=O)c2ccc(NC(=S)NC(=O)COc3ccc4ccccc4c3)cc2)c(C)c1. The normalized spacial score (nSPS) is 11.1. The Labute approximate surface area is 215 Å². The van der Waals surface area contributed by atoms with Crippen LogP contribution in [0.25, 0.3) is 10.8 Å². The maximum atomic E-state index is 12.8. The second kappa shape index (κ2) is 10.8. The van der Waals surface area contributed by atoms with Crippen LogP contribution in [0.4, 0.5) is 11.4 Å². The first-order valence-electron chi connectivity index (χ1n) is 11.1. The van der Waals surface area contributed by atoms with E-state index in [1.54, 1.807) is 24.3 Å². The van der Waals surface area contributed by atoms with Crippen LogP contribution in [0.1, 0.15) is 11.1 Å². The number of fused-ring (bicyclic) bond motifs is 1. The number of sulfonamides is 1. The van der Waals surface area contributed by atoms with E-state index in [0.29, 0.717) is 17.1 Å². The highest BCUT2D eigenvalue weighted by Gasteiger charge is 2.15. The molecule has 0 saturated heterocycles. The molecule has 0 bridgehead atoms. The summed E-state index contributed by atoms with van der Waals surface area (Å²) in [6.07, 6.45) is 0. The standard InChI is InChI=1S/C27H25N3O4S2/c1-18-7-14-25(19(2)15-18)30-36(32,33)24-12-9-22(10-13-24)28-27(35)29-26(31)17-34-23-11-8-20-5-3-4-6-21(20)16-23/h3-16,30H,17H2,1-2H3,(H2,28,29,31,35). The second-order valence-corrected chi connectivity index (χ2v) is 10.3. The minimum absolute atomic E-state index is 0.0751. The lowest BCUT2D eigenvalue weighted by Gasteiger charge is -2.13. The highest BCUT2D eigenvalue weighted by Crippen LogP contribution is 2.22. The van der Waals surface area contributed by atoms with Crippen molar-refractivity contribution in [3.63, 3.8) is 0 Å². The van der Waals surface area contributed by atoms with E-state index < -0.39 is 15.9 Å². The van der Waals surface area contributed by atoms with Crippen LogP contribution in [0, 0.1) is 13.8 Å². The highest BCUT2D eigenvalue weighted by molar-refractivity contribution is 7.92. The fourth-order valence-electron chi connectivity index (χ4n) is 3.58. The third kappa shape index (κ3) is 6.38. The molecule has 4 rings (SSSR count). The molecule has 0 fully saturated rings. The van der Waals surface area contributed by atoms with Crippen LogP contribution in [0.5, 0.6) is 5.75 Å². The molecule has 0 unspecified atom stereocenters. The largest absolute Gasteiger partial charge is 0.484 e. The summed E-state index contributed by atoms with van der Waals surface area (Å²) >= 11 is 5.20. The molecule has 4 aromatic carbocycles. The van der Waals surface area contributed by atoms with Crippen LogP contribution >= 0.6 is 12.2 Å². The zero-order valence-electron chi connectivity index (χ0n) is 19.7. The number of benzene rings is 4. The summed E-state index contributed by atoms with van der Waals surface area (Å²) in [7, 11) is -3.76. The van der Waals surface area contributed by atoms with Gasteiger partial charge in [0.15, 0.2) is 11.7 Å². The fourth-order valence-corrected chi connectivity index (χ4v) is 4.94. The van der Waals surface area contributed by atoms with E-state index in [2.05, 4.69) is 15.4 Å². The molecule has 0 aliphatic rings. The Morgan fingerprint density at radius 3 is 2.33 bits per heavy atom. The van der Waals surface area contributed by atoms with Gasteiger partial charge in [0.1, 0.15) is 5.75 Å². The Kier molecular flexibility index (Phi) is 7.52. The van der Waals surface area contributed by atoms with E-state index in [0.717, 1.165) is 21.9 Å². The van der Waals surface area contributed by atoms with Crippen LogP contribution in [0.15, 0.2) is 89.8 Å². The van der Waals surface area contributed by atoms with Gasteiger partial charge in [-0.2, -0.15) is 0 Å². The average molecular weight is 520 g/mol. The van der Waals surface area contributed by atoms with E-state index in [4.69, 9.17) is 17.0 Å². The van der Waals surface area contributed by atoms with Gasteiger partial charge in [0.05, 0.1) is 10.6 Å². The number of nitrogens with one attached hydrogen (secondary N) is 3. The van der Waals surface area contributed by atoms with Gasteiger partial charge in [-0.15, -0.1) is 0 Å². The molecule has 0 aromatic heterocycles. The Bertz CT molecular complexity index is 1530. The Morgan fingerprint density at radius 2 is 1.61 bits per heavy atom. The van der Waals surface area contributed by atoms with Crippen LogP contribution in [0.2, 0.25) is 0 Å². The zero-order valence-corrected chi connectivity index (χ0v) is 21.4. The summed E-state index contributed by atoms with van der Waals surface area (Å²) in [5.74, 6) is 0.159. The number of carbonyl (C=O) groups is 1. The number of hydrogen-bond donors (Lipinski definition) is 3. The van der Waals surface area contributed by atoms with Gasteiger partial charge in [-0.05, 0) is 84.9 Å². The summed E-state index contributed by atoms with van der Waals surface area (Å²) in [6, 6.07) is 25.0. The van der Waals surface area contributed by atoms with E-state index in [1.165, 1.54) is 12.1 Å². The van der Waals surface area contributed by atoms with Crippen molar-refractivity contribution in [1.82, 2.24) is 5.32 Å². The smallest absolute Gasteiger partial charge is 0.264 e. The number of hydrogen-bond acceptors (Lipinski definition) is 5. The maximum absolute atomic E-state index is 12.8. The molecule has 9 heteroatoms. The molecule has 0 spiro atoms. The lowest BCUT2D eigenvalue weighted by molar-refractivity contribution is -0.121. The zero-order chi connectivity index (χ0) is 25.7. The van der Waals surface area contributed by atoms with Crippen molar-refractivity contribution in [2.75, 3.05) is 16.6 Å². The molecular weight excluding hydrogens is 494 g/mol. The molecule has 36 heavy (non-hydrogen) atoms. The molecule has 184 valence electrons. The molecule has 0 heterocycles. The molecule has 0 saturated carbocycles. The number of thiocarbonyl (C=S) groups is 1. The number of aryl methyl sites for hydroxylation is 2. The predicted molar refractivity (Wildman–Crippen MR) is 147 cm³/mol. The number of amides is 1. The molecule has 0 radical (unpaired) electrons. The minimum atomic E-state index is -3.76. The van der Waals surface area contributed by atoms with Gasteiger partial charge in [-0.25, -0.2) is 8.42 Å². The van der Waals surface area contributed by atoms with E-state index in [-0.39, 0.29) is 16.6 Å². The first-order valence-corrected chi connectivity index (χ1v) is 13.0. The van der Waals surface area contributed by atoms with Crippen molar-refractivity contribution in [1.29, 1.82) is 0 Å². The summed E-state index contributed by atoms with van der Waals surface area (Å²) < 4.78 is 33.7. The quantitative estimate of drug-likeness (QED) is 0.292. The fraction of sp³-hybridized carbons (Fsp3) is 0.111. The lowest BCUT2D eigenvalue weighted by atomic mass is 10.1. The molecule has 3 N–H and O–H groups in total. The van der Waals surface area contributed by atoms with Crippen molar-refractivity contribution >= 4 is 55.4 Å². The molecule has 0 aliphatic carbocycles. The van der Waals surface area contributed by atoms with Crippen LogP contribution in [-0.4, -0.2) is 26.0 Å². The van der Waals surface area contributed by atoms with Crippen molar-refractivity contribution in [2.24, 2.45) is 0 Å². The third-order valence-corrected chi connectivity index (χ3v) is 6.98. The molecule has 0 aliphatic heterocycles. The van der Waals surface area contributed by atoms with Gasteiger partial charge >= 0.3 is 0 Å². The Morgan fingerprint density at radius 1 is 0.889 bits per heavy atom. The number of ether oxygens (including phenoxy) is 1. The maximum Gasteiger partial charge on any atom is 0.264 e.